The molecule has 0 aliphatic carbocycles. The van der Waals surface area contributed by atoms with Gasteiger partial charge in [-0.25, -0.2) is 13.8 Å². The summed E-state index contributed by atoms with van der Waals surface area (Å²) in [5.74, 6) is -1.94. The summed E-state index contributed by atoms with van der Waals surface area (Å²) in [5.41, 5.74) is 12.9. The minimum Gasteiger partial charge on any atom is -0.366 e. The molecule has 1 aliphatic heterocycles. The summed E-state index contributed by atoms with van der Waals surface area (Å²) >= 11 is 0. The van der Waals surface area contributed by atoms with Gasteiger partial charge in [-0.15, -0.1) is 0 Å². The zero-order valence-electron chi connectivity index (χ0n) is 16.0. The van der Waals surface area contributed by atoms with E-state index in [2.05, 4.69) is 20.9 Å². The summed E-state index contributed by atoms with van der Waals surface area (Å²) in [4.78, 5) is 24.0. The van der Waals surface area contributed by atoms with Crippen LogP contribution in [0.3, 0.4) is 0 Å². The minimum atomic E-state index is -3.91. The van der Waals surface area contributed by atoms with Crippen LogP contribution in [0.5, 0.6) is 0 Å². The van der Waals surface area contributed by atoms with Crippen molar-refractivity contribution in [2.75, 3.05) is 10.0 Å². The van der Waals surface area contributed by atoms with Gasteiger partial charge in [0.2, 0.25) is 11.8 Å². The lowest BCUT2D eigenvalue weighted by atomic mass is 10.0. The molecule has 0 bridgehead atoms. The van der Waals surface area contributed by atoms with Gasteiger partial charge in [0.05, 0.1) is 5.92 Å². The second kappa shape index (κ2) is 8.19. The Labute approximate surface area is 169 Å². The minimum absolute atomic E-state index is 0.309. The number of amides is 2. The number of rotatable bonds is 6. The van der Waals surface area contributed by atoms with Gasteiger partial charge in [-0.05, 0) is 50.2 Å². The summed E-state index contributed by atoms with van der Waals surface area (Å²) in [6.07, 6.45) is 0. The van der Waals surface area contributed by atoms with E-state index >= 15 is 0 Å². The van der Waals surface area contributed by atoms with Crippen LogP contribution in [-0.4, -0.2) is 31.6 Å². The first kappa shape index (κ1) is 20.8. The molecule has 0 spiro atoms. The Kier molecular flexibility index (Phi) is 5.87. The molecule has 3 atom stereocenters. The molecule has 2 amide bonds. The van der Waals surface area contributed by atoms with E-state index in [0.29, 0.717) is 16.9 Å². The molecule has 154 valence electrons. The second-order valence-corrected chi connectivity index (χ2v) is 8.77. The summed E-state index contributed by atoms with van der Waals surface area (Å²) in [5, 5.41) is 1.51. The fraction of sp³-hybridized carbons (Fsp3) is 0.263. The van der Waals surface area contributed by atoms with E-state index in [1.54, 1.807) is 31.2 Å². The van der Waals surface area contributed by atoms with Crippen LogP contribution in [0.4, 0.5) is 11.4 Å². The molecular formula is C19H23N5O4S. The average Bonchev–Trinajstić information content (AvgIpc) is 3.06. The van der Waals surface area contributed by atoms with E-state index < -0.39 is 39.2 Å². The van der Waals surface area contributed by atoms with Gasteiger partial charge in [-0.1, -0.05) is 17.7 Å². The van der Waals surface area contributed by atoms with E-state index in [1.165, 1.54) is 24.3 Å². The van der Waals surface area contributed by atoms with Gasteiger partial charge in [0, 0.05) is 23.0 Å². The van der Waals surface area contributed by atoms with Crippen molar-refractivity contribution in [2.24, 2.45) is 11.7 Å². The molecule has 1 saturated heterocycles. The van der Waals surface area contributed by atoms with Crippen molar-refractivity contribution in [3.05, 3.63) is 59.7 Å². The lowest BCUT2D eigenvalue weighted by molar-refractivity contribution is -0.119. The van der Waals surface area contributed by atoms with Crippen molar-refractivity contribution in [2.45, 2.75) is 25.3 Å². The van der Waals surface area contributed by atoms with Crippen LogP contribution in [0.25, 0.3) is 0 Å². The maximum atomic E-state index is 12.9. The first-order chi connectivity index (χ1) is 13.7. The fourth-order valence-electron chi connectivity index (χ4n) is 3.08. The number of benzene rings is 2. The van der Waals surface area contributed by atoms with Crippen LogP contribution in [0, 0.1) is 12.8 Å². The smallest absolute Gasteiger partial charge is 0.250 e. The predicted molar refractivity (Wildman–Crippen MR) is 110 cm³/mol. The summed E-state index contributed by atoms with van der Waals surface area (Å²) in [7, 11) is -3.91. The summed E-state index contributed by atoms with van der Waals surface area (Å²) < 4.78 is 28.3. The number of hydrazine groups is 1. The second-order valence-electron chi connectivity index (χ2n) is 6.97. The topological polar surface area (TPSA) is 142 Å². The van der Waals surface area contributed by atoms with Crippen LogP contribution in [0.2, 0.25) is 0 Å². The Morgan fingerprint density at radius 2 is 1.55 bits per heavy atom. The number of carbonyl (C=O) groups is 2. The third-order valence-corrected chi connectivity index (χ3v) is 6.30. The van der Waals surface area contributed by atoms with Crippen molar-refractivity contribution in [3.63, 3.8) is 0 Å². The Morgan fingerprint density at radius 1 is 0.966 bits per heavy atom. The highest BCUT2D eigenvalue weighted by Crippen LogP contribution is 2.24. The fourth-order valence-corrected chi connectivity index (χ4v) is 4.64. The Hall–Kier alpha value is -2.95. The number of anilines is 2. The zero-order valence-corrected chi connectivity index (χ0v) is 16.8. The first-order valence-electron chi connectivity index (χ1n) is 8.97. The van der Waals surface area contributed by atoms with Gasteiger partial charge in [-0.2, -0.15) is 0 Å². The van der Waals surface area contributed by atoms with Crippen LogP contribution < -0.4 is 26.6 Å². The van der Waals surface area contributed by atoms with E-state index in [4.69, 9.17) is 5.73 Å². The zero-order chi connectivity index (χ0) is 21.2. The Bertz CT molecular complexity index is 1010. The van der Waals surface area contributed by atoms with Crippen molar-refractivity contribution in [1.82, 2.24) is 10.9 Å². The normalized spacial score (nSPS) is 21.5. The van der Waals surface area contributed by atoms with E-state index in [-0.39, 0.29) is 0 Å². The van der Waals surface area contributed by atoms with Gasteiger partial charge in [0.15, 0.2) is 5.37 Å². The van der Waals surface area contributed by atoms with E-state index in [9.17, 15) is 18.0 Å². The van der Waals surface area contributed by atoms with Crippen LogP contribution in [0.15, 0.2) is 48.5 Å². The van der Waals surface area contributed by atoms with Crippen molar-refractivity contribution < 1.29 is 18.0 Å². The quantitative estimate of drug-likeness (QED) is 0.473. The number of sulfonamides is 1. The number of hydrogen-bond donors (Lipinski definition) is 5. The number of primary amides is 1. The van der Waals surface area contributed by atoms with Gasteiger partial charge >= 0.3 is 0 Å². The number of nitrogens with two attached hydrogens (primary N) is 1. The molecule has 29 heavy (non-hydrogen) atoms. The van der Waals surface area contributed by atoms with Gasteiger partial charge in [0.25, 0.3) is 10.0 Å². The number of nitrogens with one attached hydrogen (secondary N) is 4. The lowest BCUT2D eigenvalue weighted by Crippen LogP contribution is -2.45. The van der Waals surface area contributed by atoms with Crippen LogP contribution in [0.1, 0.15) is 22.8 Å². The third-order valence-electron chi connectivity index (χ3n) is 4.70. The van der Waals surface area contributed by atoms with Gasteiger partial charge < -0.3 is 11.1 Å². The van der Waals surface area contributed by atoms with E-state index in [1.807, 2.05) is 6.92 Å². The van der Waals surface area contributed by atoms with Crippen LogP contribution in [-0.2, 0) is 14.8 Å². The van der Waals surface area contributed by atoms with Crippen molar-refractivity contribution in [3.8, 4) is 0 Å². The Balaban J connectivity index is 1.76. The molecule has 1 fully saturated rings. The molecule has 1 heterocycles. The van der Waals surface area contributed by atoms with Crippen molar-refractivity contribution in [1.29, 1.82) is 0 Å². The molecule has 9 nitrogen and oxygen atoms in total. The van der Waals surface area contributed by atoms with Crippen molar-refractivity contribution >= 4 is 33.2 Å². The molecule has 2 aromatic rings. The highest BCUT2D eigenvalue weighted by atomic mass is 32.2. The molecule has 0 aromatic heterocycles. The maximum Gasteiger partial charge on any atom is 0.250 e. The highest BCUT2D eigenvalue weighted by Gasteiger charge is 2.46. The summed E-state index contributed by atoms with van der Waals surface area (Å²) in [6, 6.07) is 12.5. The monoisotopic (exact) mass is 417 g/mol. The average molecular weight is 417 g/mol. The molecule has 0 radical (unpaired) electrons. The maximum absolute atomic E-state index is 12.9. The standard InChI is InChI=1S/C19H23N5O4S/c1-11-3-7-15(8-4-11)24-29(27,28)19-16(12(2)22-23-19)18(26)21-14-9-5-13(6-10-14)17(20)25/h3-10,12,16,19,22-24H,1-2H3,(H2,20,25)(H,21,26). The molecule has 3 rings (SSSR count). The summed E-state index contributed by atoms with van der Waals surface area (Å²) in [6.45, 7) is 3.62. The Morgan fingerprint density at radius 3 is 2.14 bits per heavy atom. The van der Waals surface area contributed by atoms with E-state index in [0.717, 1.165) is 5.56 Å². The first-order valence-corrected chi connectivity index (χ1v) is 10.5. The molecule has 0 saturated carbocycles. The largest absolute Gasteiger partial charge is 0.366 e. The SMILES string of the molecule is Cc1ccc(NS(=O)(=O)C2NNC(C)C2C(=O)Nc2ccc(C(N)=O)cc2)cc1. The lowest BCUT2D eigenvalue weighted by Gasteiger charge is -2.21. The predicted octanol–water partition coefficient (Wildman–Crippen LogP) is 0.913. The van der Waals surface area contributed by atoms with Gasteiger partial charge in [0.1, 0.15) is 0 Å². The van der Waals surface area contributed by atoms with Crippen LogP contribution >= 0.6 is 0 Å². The molecular weight excluding hydrogens is 394 g/mol. The molecule has 10 heteroatoms. The highest BCUT2D eigenvalue weighted by molar-refractivity contribution is 7.93. The number of hydrogen-bond acceptors (Lipinski definition) is 6. The van der Waals surface area contributed by atoms with Gasteiger partial charge in [-0.3, -0.25) is 19.7 Å². The molecule has 2 aromatic carbocycles. The molecule has 1 aliphatic rings. The third kappa shape index (κ3) is 4.73. The molecule has 6 N–H and O–H groups in total. The number of aryl methyl sites for hydroxylation is 1. The number of carbonyl (C=O) groups excluding carboxylic acids is 2. The molecule has 3 unspecified atom stereocenters.